The van der Waals surface area contributed by atoms with Gasteiger partial charge in [-0.3, -0.25) is 38.3 Å². The van der Waals surface area contributed by atoms with Gasteiger partial charge < -0.3 is 25.2 Å². The number of halogens is 2. The highest BCUT2D eigenvalue weighted by Gasteiger charge is 2.41. The lowest BCUT2D eigenvalue weighted by Gasteiger charge is -2.29. The predicted molar refractivity (Wildman–Crippen MR) is 207 cm³/mol. The number of fused-ring (bicyclic) bond motifs is 1. The van der Waals surface area contributed by atoms with E-state index in [-0.39, 0.29) is 67.3 Å². The highest BCUT2D eigenvalue weighted by molar-refractivity contribution is 7.57. The number of methoxy groups -OCH3 is 1. The molecular weight excluding hydrogens is 758 g/mol. The third-order valence-corrected chi connectivity index (χ3v) is 10.2. The van der Waals surface area contributed by atoms with Crippen LogP contribution in [0.25, 0.3) is 0 Å². The Morgan fingerprint density at radius 3 is 2.16 bits per heavy atom. The fraction of sp³-hybridized carbons (Fsp3) is 0.447. The molecule has 0 fully saturated rings. The van der Waals surface area contributed by atoms with E-state index >= 15 is 0 Å². The molecule has 0 spiro atoms. The Morgan fingerprint density at radius 1 is 1.11 bits per heavy atom. The second-order valence-corrected chi connectivity index (χ2v) is 15.7. The van der Waals surface area contributed by atoms with Crippen LogP contribution in [0, 0.1) is 18.2 Å². The predicted octanol–water partition coefficient (Wildman–Crippen LogP) is 4.60. The number of hydrogen-bond donors (Lipinski definition) is 3. The summed E-state index contributed by atoms with van der Waals surface area (Å²) >= 11 is 5.68. The maximum Gasteiger partial charge on any atom is 0.320 e. The number of anilines is 3. The minimum Gasteiger partial charge on any atom is -0.481 e. The number of imide groups is 1. The van der Waals surface area contributed by atoms with Crippen LogP contribution in [0.5, 0.6) is 5.75 Å². The van der Waals surface area contributed by atoms with Crippen LogP contribution in [-0.4, -0.2) is 91.3 Å². The van der Waals surface area contributed by atoms with Crippen molar-refractivity contribution in [2.75, 3.05) is 60.4 Å². The number of rotatable bonds is 12. The molecule has 0 bridgehead atoms. The van der Waals surface area contributed by atoms with E-state index in [9.17, 15) is 32.9 Å². The molecule has 1 aliphatic carbocycles. The van der Waals surface area contributed by atoms with Gasteiger partial charge in [-0.05, 0) is 62.1 Å². The van der Waals surface area contributed by atoms with Crippen LogP contribution >= 0.6 is 19.0 Å². The molecule has 0 saturated carbocycles. The standard InChI is InChI=1S/C19H15FN2O4.C14H20ClNO2.C5H12NO4P/c1-2-7-21-15-9-14(13(20)8-16(15)26-10-17(21)23)22-18(24)11-5-3-4-6-12(11)19(22)25;1-4-11-7-6-8-12(5-2)14(11)16(10-18-3)13(17)9-15;1-11(9,10)3-2-4(6)5(7)8/h1,8-9H,3-7,10H2;6-8H,4-5,9-10H2,1-3H3;4H,2-3,6H2,1H3,(H,7,8)(H,9,10). The average Bonchev–Trinajstić information content (AvgIpc) is 3.41. The molecule has 17 heteroatoms. The number of aryl methyl sites for hydroxylation is 2. The molecule has 2 unspecified atom stereocenters. The zero-order valence-corrected chi connectivity index (χ0v) is 33.0. The zero-order valence-electron chi connectivity index (χ0n) is 31.3. The summed E-state index contributed by atoms with van der Waals surface area (Å²) in [5.41, 5.74) is 9.32. The lowest BCUT2D eigenvalue weighted by molar-refractivity contribution is -0.138. The lowest BCUT2D eigenvalue weighted by Crippen LogP contribution is -2.39. The molecule has 2 aromatic carbocycles. The molecule has 0 aromatic heterocycles. The minimum atomic E-state index is -3.10. The molecule has 4 N–H and O–H groups in total. The number of benzene rings is 2. The van der Waals surface area contributed by atoms with Crippen molar-refractivity contribution in [1.29, 1.82) is 0 Å². The number of hydrogen-bond acceptors (Lipinski definition) is 9. The first-order chi connectivity index (χ1) is 26.0. The maximum atomic E-state index is 14.7. The normalized spacial score (nSPS) is 16.3. The van der Waals surface area contributed by atoms with Gasteiger partial charge in [0.15, 0.2) is 19.8 Å². The van der Waals surface area contributed by atoms with E-state index in [4.69, 9.17) is 43.2 Å². The van der Waals surface area contributed by atoms with Crippen LogP contribution in [0.2, 0.25) is 0 Å². The topological polar surface area (TPSA) is 197 Å². The molecule has 5 rings (SSSR count). The smallest absolute Gasteiger partial charge is 0.320 e. The summed E-state index contributed by atoms with van der Waals surface area (Å²) in [6.45, 7) is 5.31. The first-order valence-corrected chi connectivity index (χ1v) is 20.4. The van der Waals surface area contributed by atoms with Gasteiger partial charge >= 0.3 is 5.97 Å². The number of nitrogens with two attached hydrogens (primary N) is 1. The largest absolute Gasteiger partial charge is 0.481 e. The highest BCUT2D eigenvalue weighted by atomic mass is 35.5. The first kappa shape index (κ1) is 44.8. The Morgan fingerprint density at radius 2 is 1.69 bits per heavy atom. The SMILES string of the molecule is C#CCN1C(=O)COc2cc(F)c(N3C(=O)C4=C(CCCC4)C3=O)cc21.CCc1cccc(CC)c1N(COC)C(=O)CCl.CP(=O)(O)CCC(N)C(=O)O. The number of nitrogens with zero attached hydrogens (tertiary/aromatic N) is 3. The zero-order chi connectivity index (χ0) is 41.0. The maximum absolute atomic E-state index is 14.7. The minimum absolute atomic E-state index is 0.0170. The van der Waals surface area contributed by atoms with E-state index in [0.29, 0.717) is 24.0 Å². The van der Waals surface area contributed by atoms with Crippen molar-refractivity contribution in [2.45, 2.75) is 64.8 Å². The molecule has 0 saturated heterocycles. The molecular formula is C38H47ClFN4O10P. The average molecular weight is 805 g/mol. The van der Waals surface area contributed by atoms with Gasteiger partial charge in [-0.2, -0.15) is 0 Å². The molecule has 4 amide bonds. The number of carboxylic acid groups (broad SMARTS) is 1. The molecule has 298 valence electrons. The fourth-order valence-corrected chi connectivity index (χ4v) is 7.03. The number of terminal acetylenes is 1. The monoisotopic (exact) mass is 804 g/mol. The lowest BCUT2D eigenvalue weighted by atomic mass is 9.93. The van der Waals surface area contributed by atoms with Crippen LogP contribution in [0.15, 0.2) is 41.5 Å². The number of para-hydroxylation sites is 1. The second-order valence-electron chi connectivity index (χ2n) is 12.9. The summed E-state index contributed by atoms with van der Waals surface area (Å²) in [5, 5.41) is 8.28. The number of ether oxygens (including phenoxy) is 2. The van der Waals surface area contributed by atoms with Crippen molar-refractivity contribution in [3.8, 4) is 18.1 Å². The fourth-order valence-electron chi connectivity index (χ4n) is 6.13. The summed E-state index contributed by atoms with van der Waals surface area (Å²) < 4.78 is 35.7. The van der Waals surface area contributed by atoms with Gasteiger partial charge in [0, 0.05) is 37.1 Å². The van der Waals surface area contributed by atoms with Crippen molar-refractivity contribution in [3.05, 3.63) is 58.4 Å². The molecule has 2 aliphatic heterocycles. The third kappa shape index (κ3) is 11.2. The van der Waals surface area contributed by atoms with Crippen molar-refractivity contribution in [2.24, 2.45) is 5.73 Å². The Kier molecular flexibility index (Phi) is 16.6. The van der Waals surface area contributed by atoms with E-state index in [1.165, 1.54) is 17.6 Å². The van der Waals surface area contributed by atoms with Crippen LogP contribution in [0.4, 0.5) is 21.5 Å². The third-order valence-electron chi connectivity index (χ3n) is 8.93. The number of aliphatic carboxylic acids is 1. The van der Waals surface area contributed by atoms with Gasteiger partial charge in [-0.25, -0.2) is 9.29 Å². The molecule has 2 atom stereocenters. The van der Waals surface area contributed by atoms with E-state index < -0.39 is 37.0 Å². The van der Waals surface area contributed by atoms with Gasteiger partial charge in [0.25, 0.3) is 17.7 Å². The van der Waals surface area contributed by atoms with E-state index in [2.05, 4.69) is 19.8 Å². The summed E-state index contributed by atoms with van der Waals surface area (Å²) in [6, 6.07) is 7.44. The molecule has 0 radical (unpaired) electrons. The van der Waals surface area contributed by atoms with Crippen molar-refractivity contribution >= 4 is 65.6 Å². The summed E-state index contributed by atoms with van der Waals surface area (Å²) in [4.78, 5) is 72.0. The molecule has 2 aromatic rings. The van der Waals surface area contributed by atoms with Gasteiger partial charge in [-0.1, -0.05) is 38.0 Å². The Balaban J connectivity index is 0.000000244. The van der Waals surface area contributed by atoms with Crippen molar-refractivity contribution in [1.82, 2.24) is 0 Å². The van der Waals surface area contributed by atoms with E-state index in [1.807, 2.05) is 18.2 Å². The van der Waals surface area contributed by atoms with Crippen LogP contribution in [0.1, 0.15) is 57.1 Å². The summed E-state index contributed by atoms with van der Waals surface area (Å²) in [6.07, 6.45) is 9.76. The first-order valence-electron chi connectivity index (χ1n) is 17.6. The van der Waals surface area contributed by atoms with Crippen molar-refractivity contribution in [3.63, 3.8) is 0 Å². The number of carbonyl (C=O) groups excluding carboxylic acids is 4. The number of carbonyl (C=O) groups is 5. The van der Waals surface area contributed by atoms with Gasteiger partial charge in [0.05, 0.1) is 23.6 Å². The molecule has 2 heterocycles. The highest BCUT2D eigenvalue weighted by Crippen LogP contribution is 2.42. The van der Waals surface area contributed by atoms with E-state index in [1.54, 1.807) is 12.0 Å². The van der Waals surface area contributed by atoms with Gasteiger partial charge in [0.2, 0.25) is 5.91 Å². The van der Waals surface area contributed by atoms with Crippen LogP contribution < -0.4 is 25.2 Å². The Bertz CT molecular complexity index is 1860. The number of carboxylic acids is 1. The molecule has 3 aliphatic rings. The Labute approximate surface area is 324 Å². The van der Waals surface area contributed by atoms with Crippen LogP contribution in [0.3, 0.4) is 0 Å². The Hall–Kier alpha value is -4.58. The quantitative estimate of drug-likeness (QED) is 0.0892. The molecule has 55 heavy (non-hydrogen) atoms. The van der Waals surface area contributed by atoms with Gasteiger partial charge in [0.1, 0.15) is 24.4 Å². The summed E-state index contributed by atoms with van der Waals surface area (Å²) in [7, 11) is -1.52. The number of alkyl halides is 1. The van der Waals surface area contributed by atoms with Gasteiger partial charge in [-0.15, -0.1) is 18.0 Å². The summed E-state index contributed by atoms with van der Waals surface area (Å²) in [5.74, 6) is -0.902. The second kappa shape index (κ2) is 20.4. The van der Waals surface area contributed by atoms with Crippen LogP contribution in [-0.2, 0) is 46.1 Å². The number of amides is 4. The van der Waals surface area contributed by atoms with E-state index in [0.717, 1.165) is 53.5 Å². The molecule has 14 nitrogen and oxygen atoms in total. The van der Waals surface area contributed by atoms with Crippen molar-refractivity contribution < 1.29 is 52.4 Å².